The van der Waals surface area contributed by atoms with Gasteiger partial charge in [0.1, 0.15) is 0 Å². The van der Waals surface area contributed by atoms with Crippen LogP contribution in [0.4, 0.5) is 0 Å². The number of rotatable bonds is 9. The zero-order valence-electron chi connectivity index (χ0n) is 19.4. The molecule has 34 heavy (non-hydrogen) atoms. The molecule has 182 valence electrons. The van der Waals surface area contributed by atoms with E-state index >= 15 is 0 Å². The summed E-state index contributed by atoms with van der Waals surface area (Å²) in [6.45, 7) is 2.13. The molecule has 4 aromatic heterocycles. The largest absolute Gasteiger partial charge is 0.377 e. The van der Waals surface area contributed by atoms with Gasteiger partial charge in [0.15, 0.2) is 22.3 Å². The molecule has 4 aromatic rings. The highest BCUT2D eigenvalue weighted by atomic mass is 16.5. The summed E-state index contributed by atoms with van der Waals surface area (Å²) in [6.07, 6.45) is 3.03. The summed E-state index contributed by atoms with van der Waals surface area (Å²) in [7, 11) is 6.00. The Morgan fingerprint density at radius 3 is 1.38 bits per heavy atom. The van der Waals surface area contributed by atoms with Gasteiger partial charge in [-0.1, -0.05) is 0 Å². The molecular weight excluding hydrogens is 448 g/mol. The first-order chi connectivity index (χ1) is 16.2. The van der Waals surface area contributed by atoms with Crippen LogP contribution >= 0.6 is 0 Å². The Morgan fingerprint density at radius 2 is 1.00 bits per heavy atom. The molecule has 0 radical (unpaired) electrons. The van der Waals surface area contributed by atoms with Gasteiger partial charge in [0, 0.05) is 41.3 Å². The van der Waals surface area contributed by atoms with Crippen molar-refractivity contribution in [3.63, 3.8) is 0 Å². The second-order valence-electron chi connectivity index (χ2n) is 7.86. The summed E-state index contributed by atoms with van der Waals surface area (Å²) >= 11 is 0. The normalized spacial score (nSPS) is 11.8. The average Bonchev–Trinajstić information content (AvgIpc) is 3.45. The molecule has 0 amide bonds. The first-order valence-electron chi connectivity index (χ1n) is 10.6. The van der Waals surface area contributed by atoms with Gasteiger partial charge in [-0.2, -0.15) is 0 Å². The molecule has 0 spiro atoms. The first kappa shape index (κ1) is 23.4. The zero-order chi connectivity index (χ0) is 24.6. The van der Waals surface area contributed by atoms with Crippen LogP contribution in [0.5, 0.6) is 0 Å². The van der Waals surface area contributed by atoms with Gasteiger partial charge in [-0.05, 0) is 0 Å². The summed E-state index contributed by atoms with van der Waals surface area (Å²) in [5.74, 6) is 0. The lowest BCUT2D eigenvalue weighted by atomic mass is 10.5. The molecule has 0 aliphatic heterocycles. The van der Waals surface area contributed by atoms with Crippen LogP contribution in [0.25, 0.3) is 22.3 Å². The van der Waals surface area contributed by atoms with Crippen LogP contribution < -0.4 is 22.5 Å². The van der Waals surface area contributed by atoms with Crippen molar-refractivity contribution < 1.29 is 9.47 Å². The van der Waals surface area contributed by atoms with Crippen molar-refractivity contribution in [3.8, 4) is 0 Å². The predicted molar refractivity (Wildman–Crippen MR) is 122 cm³/mol. The third kappa shape index (κ3) is 3.90. The molecule has 0 aromatic carbocycles. The van der Waals surface area contributed by atoms with Gasteiger partial charge in [0.05, 0.1) is 39.1 Å². The van der Waals surface area contributed by atoms with E-state index in [0.717, 1.165) is 9.13 Å². The number of hydrogen-bond acceptors (Lipinski definition) is 8. The number of imidazole rings is 2. The van der Waals surface area contributed by atoms with Gasteiger partial charge in [-0.15, -0.1) is 0 Å². The van der Waals surface area contributed by atoms with Crippen molar-refractivity contribution in [3.05, 3.63) is 54.3 Å². The molecule has 0 unspecified atom stereocenters. The second-order valence-corrected chi connectivity index (χ2v) is 7.86. The molecule has 0 bridgehead atoms. The summed E-state index contributed by atoms with van der Waals surface area (Å²) in [6, 6.07) is 0. The molecule has 0 saturated carbocycles. The van der Waals surface area contributed by atoms with Crippen LogP contribution in [0.15, 0.2) is 31.8 Å². The summed E-state index contributed by atoms with van der Waals surface area (Å²) in [5, 5.41) is 0. The van der Waals surface area contributed by atoms with Gasteiger partial charge in [-0.25, -0.2) is 19.6 Å². The topological polar surface area (TPSA) is 142 Å². The lowest BCUT2D eigenvalue weighted by molar-refractivity contribution is 0.0425. The third-order valence-electron chi connectivity index (χ3n) is 5.76. The fourth-order valence-electron chi connectivity index (χ4n) is 3.78. The Kier molecular flexibility index (Phi) is 6.34. The van der Waals surface area contributed by atoms with E-state index in [1.165, 1.54) is 35.9 Å². The quantitative estimate of drug-likeness (QED) is 0.252. The SMILES string of the molecule is Cn1c(=O)c2c(ncn2CCOCCOCCn2cnc3c2c(=O)n(C)c(=O)n3C)n(C)c1=O. The molecule has 4 rings (SSSR count). The second kappa shape index (κ2) is 9.23. The number of aromatic nitrogens is 8. The Labute approximate surface area is 191 Å². The molecule has 14 heteroatoms. The van der Waals surface area contributed by atoms with Gasteiger partial charge in [0.25, 0.3) is 11.1 Å². The van der Waals surface area contributed by atoms with E-state index in [0.29, 0.717) is 61.8 Å². The number of nitrogens with zero attached hydrogens (tertiary/aromatic N) is 8. The first-order valence-corrected chi connectivity index (χ1v) is 10.6. The molecular formula is C20H26N8O6. The molecule has 0 saturated heterocycles. The van der Waals surface area contributed by atoms with Gasteiger partial charge >= 0.3 is 11.4 Å². The molecule has 0 aliphatic carbocycles. The molecule has 0 fully saturated rings. The van der Waals surface area contributed by atoms with Gasteiger partial charge in [0.2, 0.25) is 0 Å². The Hall–Kier alpha value is -3.78. The fraction of sp³-hybridized carbons (Fsp3) is 0.500. The summed E-state index contributed by atoms with van der Waals surface area (Å²) in [5.41, 5.74) is -0.298. The monoisotopic (exact) mass is 474 g/mol. The molecule has 4 heterocycles. The van der Waals surface area contributed by atoms with Gasteiger partial charge < -0.3 is 18.6 Å². The minimum Gasteiger partial charge on any atom is -0.377 e. The van der Waals surface area contributed by atoms with E-state index in [1.54, 1.807) is 23.2 Å². The smallest absolute Gasteiger partial charge is 0.332 e. The predicted octanol–water partition coefficient (Wildman–Crippen LogP) is -2.09. The zero-order valence-corrected chi connectivity index (χ0v) is 19.4. The highest BCUT2D eigenvalue weighted by Gasteiger charge is 2.15. The molecule has 0 N–H and O–H groups in total. The van der Waals surface area contributed by atoms with Crippen molar-refractivity contribution in [1.82, 2.24) is 37.4 Å². The van der Waals surface area contributed by atoms with Crippen LogP contribution in [0.2, 0.25) is 0 Å². The molecule has 0 aliphatic rings. The number of fused-ring (bicyclic) bond motifs is 2. The van der Waals surface area contributed by atoms with Crippen molar-refractivity contribution in [2.75, 3.05) is 26.4 Å². The summed E-state index contributed by atoms with van der Waals surface area (Å²) < 4.78 is 19.3. The Balaban J connectivity index is 1.26. The third-order valence-corrected chi connectivity index (χ3v) is 5.76. The average molecular weight is 474 g/mol. The maximum Gasteiger partial charge on any atom is 0.332 e. The summed E-state index contributed by atoms with van der Waals surface area (Å²) in [4.78, 5) is 57.2. The molecule has 14 nitrogen and oxygen atoms in total. The standard InChI is InChI=1S/C20H26N8O6/c1-23-15-13(17(29)25(3)19(23)31)27(11-21-15)5-7-33-9-10-34-8-6-28-12-22-16-14(28)18(30)26(4)20(32)24(16)2/h11-12H,5-10H2,1-4H3. The van der Waals surface area contributed by atoms with E-state index in [2.05, 4.69) is 9.97 Å². The highest BCUT2D eigenvalue weighted by Crippen LogP contribution is 2.06. The van der Waals surface area contributed by atoms with E-state index in [9.17, 15) is 19.2 Å². The minimum atomic E-state index is -0.427. The van der Waals surface area contributed by atoms with Gasteiger partial charge in [-0.3, -0.25) is 27.9 Å². The van der Waals surface area contributed by atoms with E-state index < -0.39 is 22.5 Å². The van der Waals surface area contributed by atoms with Crippen LogP contribution in [-0.4, -0.2) is 63.8 Å². The maximum absolute atomic E-state index is 12.4. The minimum absolute atomic E-state index is 0.330. The number of aryl methyl sites for hydroxylation is 2. The fourth-order valence-corrected chi connectivity index (χ4v) is 3.78. The van der Waals surface area contributed by atoms with E-state index in [-0.39, 0.29) is 0 Å². The number of hydrogen-bond donors (Lipinski definition) is 0. The lowest BCUT2D eigenvalue weighted by Gasteiger charge is -2.09. The van der Waals surface area contributed by atoms with Crippen molar-refractivity contribution in [2.24, 2.45) is 28.2 Å². The number of ether oxygens (including phenoxy) is 2. The molecule has 0 atom stereocenters. The van der Waals surface area contributed by atoms with Crippen LogP contribution in [-0.2, 0) is 50.8 Å². The Bertz CT molecular complexity index is 1480. The van der Waals surface area contributed by atoms with Crippen LogP contribution in [0.1, 0.15) is 0 Å². The van der Waals surface area contributed by atoms with Crippen molar-refractivity contribution in [1.29, 1.82) is 0 Å². The lowest BCUT2D eigenvalue weighted by Crippen LogP contribution is -2.37. The maximum atomic E-state index is 12.4. The van der Waals surface area contributed by atoms with Crippen molar-refractivity contribution in [2.45, 2.75) is 13.1 Å². The Morgan fingerprint density at radius 1 is 0.618 bits per heavy atom. The van der Waals surface area contributed by atoms with Crippen LogP contribution in [0, 0.1) is 0 Å². The van der Waals surface area contributed by atoms with E-state index in [1.807, 2.05) is 0 Å². The highest BCUT2D eigenvalue weighted by molar-refractivity contribution is 5.70. The van der Waals surface area contributed by atoms with Crippen LogP contribution in [0.3, 0.4) is 0 Å². The van der Waals surface area contributed by atoms with E-state index in [4.69, 9.17) is 9.47 Å². The van der Waals surface area contributed by atoms with Crippen molar-refractivity contribution >= 4 is 22.3 Å².